The largest absolute Gasteiger partial charge is 0.361 e. The Balaban J connectivity index is 3.08. The first kappa shape index (κ1) is 9.69. The lowest BCUT2D eigenvalue weighted by Crippen LogP contribution is -2.10. The van der Waals surface area contributed by atoms with Gasteiger partial charge in [0.2, 0.25) is 0 Å². The van der Waals surface area contributed by atoms with Crippen molar-refractivity contribution < 1.29 is 4.79 Å². The van der Waals surface area contributed by atoms with E-state index in [4.69, 9.17) is 5.53 Å². The Bertz CT molecular complexity index is 330. The first-order valence-corrected chi connectivity index (χ1v) is 4.44. The standard InChI is InChI=1S/C11H14N2/c1-8(2)11(13-12)10-6-4-9(3)5-7-10/h4-8H,1-3H3. The SMILES string of the molecule is Cc1ccc(C(=[N+]=[N-])C(C)C)cc1. The van der Waals surface area contributed by atoms with Gasteiger partial charge in [0.15, 0.2) is 0 Å². The Labute approximate surface area is 78.8 Å². The molecule has 2 nitrogen and oxygen atoms in total. The number of rotatable bonds is 2. The van der Waals surface area contributed by atoms with Gasteiger partial charge in [-0.3, -0.25) is 0 Å². The van der Waals surface area contributed by atoms with Crippen LogP contribution in [0, 0.1) is 12.8 Å². The molecule has 1 rings (SSSR count). The number of aryl methyl sites for hydroxylation is 1. The van der Waals surface area contributed by atoms with Crippen LogP contribution in [0.2, 0.25) is 0 Å². The van der Waals surface area contributed by atoms with Crippen molar-refractivity contribution >= 4 is 5.71 Å². The van der Waals surface area contributed by atoms with E-state index >= 15 is 0 Å². The third kappa shape index (κ3) is 2.27. The van der Waals surface area contributed by atoms with E-state index in [-0.39, 0.29) is 5.92 Å². The lowest BCUT2D eigenvalue weighted by Gasteiger charge is -1.99. The molecule has 0 aliphatic rings. The molecular weight excluding hydrogens is 160 g/mol. The van der Waals surface area contributed by atoms with Crippen LogP contribution in [0.3, 0.4) is 0 Å². The average molecular weight is 174 g/mol. The van der Waals surface area contributed by atoms with Crippen LogP contribution >= 0.6 is 0 Å². The predicted molar refractivity (Wildman–Crippen MR) is 53.7 cm³/mol. The highest BCUT2D eigenvalue weighted by molar-refractivity contribution is 5.97. The lowest BCUT2D eigenvalue weighted by molar-refractivity contribution is -0.0101. The number of hydrogen-bond donors (Lipinski definition) is 0. The van der Waals surface area contributed by atoms with Gasteiger partial charge in [-0.15, -0.1) is 0 Å². The average Bonchev–Trinajstić information content (AvgIpc) is 2.09. The van der Waals surface area contributed by atoms with Crippen molar-refractivity contribution in [3.8, 4) is 0 Å². The van der Waals surface area contributed by atoms with Gasteiger partial charge >= 0.3 is 5.71 Å². The fourth-order valence-electron chi connectivity index (χ4n) is 1.23. The second kappa shape index (κ2) is 4.01. The van der Waals surface area contributed by atoms with E-state index in [1.165, 1.54) is 5.56 Å². The van der Waals surface area contributed by atoms with E-state index in [1.54, 1.807) is 0 Å². The van der Waals surface area contributed by atoms with E-state index in [0.717, 1.165) is 11.3 Å². The minimum absolute atomic E-state index is 0.243. The Morgan fingerprint density at radius 3 is 2.15 bits per heavy atom. The highest BCUT2D eigenvalue weighted by Gasteiger charge is 2.15. The maximum atomic E-state index is 8.81. The molecule has 13 heavy (non-hydrogen) atoms. The van der Waals surface area contributed by atoms with Gasteiger partial charge < -0.3 is 5.53 Å². The molecule has 0 unspecified atom stereocenters. The monoisotopic (exact) mass is 174 g/mol. The molecule has 68 valence electrons. The van der Waals surface area contributed by atoms with E-state index < -0.39 is 0 Å². The van der Waals surface area contributed by atoms with E-state index in [0.29, 0.717) is 0 Å². The van der Waals surface area contributed by atoms with Crippen LogP contribution in [0.5, 0.6) is 0 Å². The maximum absolute atomic E-state index is 8.81. The summed E-state index contributed by atoms with van der Waals surface area (Å²) in [5, 5.41) is 0. The molecule has 0 aromatic heterocycles. The molecule has 2 heteroatoms. The van der Waals surface area contributed by atoms with Gasteiger partial charge in [-0.2, -0.15) is 4.79 Å². The van der Waals surface area contributed by atoms with Crippen LogP contribution in [0.4, 0.5) is 0 Å². The highest BCUT2D eigenvalue weighted by Crippen LogP contribution is 2.08. The van der Waals surface area contributed by atoms with Crippen LogP contribution in [0.15, 0.2) is 24.3 Å². The van der Waals surface area contributed by atoms with Crippen molar-refractivity contribution in [1.82, 2.24) is 0 Å². The summed E-state index contributed by atoms with van der Waals surface area (Å²) >= 11 is 0. The first-order valence-electron chi connectivity index (χ1n) is 4.44. The molecule has 0 saturated carbocycles. The Morgan fingerprint density at radius 2 is 1.77 bits per heavy atom. The minimum atomic E-state index is 0.243. The number of benzene rings is 1. The summed E-state index contributed by atoms with van der Waals surface area (Å²) in [5.74, 6) is 0.243. The van der Waals surface area contributed by atoms with Gasteiger partial charge in [-0.25, -0.2) is 0 Å². The summed E-state index contributed by atoms with van der Waals surface area (Å²) in [6.07, 6.45) is 0. The molecule has 0 atom stereocenters. The Hall–Kier alpha value is -1.40. The maximum Gasteiger partial charge on any atom is 0.301 e. The van der Waals surface area contributed by atoms with Gasteiger partial charge in [-0.05, 0) is 19.1 Å². The molecule has 1 aromatic rings. The zero-order valence-corrected chi connectivity index (χ0v) is 8.28. The van der Waals surface area contributed by atoms with Crippen molar-refractivity contribution in [2.75, 3.05) is 0 Å². The summed E-state index contributed by atoms with van der Waals surface area (Å²) in [7, 11) is 0. The molecule has 0 radical (unpaired) electrons. The molecule has 0 bridgehead atoms. The van der Waals surface area contributed by atoms with E-state index in [9.17, 15) is 0 Å². The smallest absolute Gasteiger partial charge is 0.301 e. The number of hydrogen-bond acceptors (Lipinski definition) is 0. The van der Waals surface area contributed by atoms with Crippen molar-refractivity contribution in [1.29, 1.82) is 0 Å². The van der Waals surface area contributed by atoms with Gasteiger partial charge in [0.1, 0.15) is 0 Å². The predicted octanol–water partition coefficient (Wildman–Crippen LogP) is 2.67. The molecule has 0 amide bonds. The topological polar surface area (TPSA) is 36.4 Å². The van der Waals surface area contributed by atoms with E-state index in [1.807, 2.05) is 45.0 Å². The van der Waals surface area contributed by atoms with Gasteiger partial charge in [0, 0.05) is 0 Å². The third-order valence-corrected chi connectivity index (χ3v) is 2.00. The first-order chi connectivity index (χ1) is 6.15. The quantitative estimate of drug-likeness (QED) is 0.375. The van der Waals surface area contributed by atoms with Crippen molar-refractivity contribution in [3.05, 3.63) is 40.9 Å². The van der Waals surface area contributed by atoms with Gasteiger partial charge in [-0.1, -0.05) is 31.5 Å². The van der Waals surface area contributed by atoms with Crippen LogP contribution in [-0.2, 0) is 0 Å². The van der Waals surface area contributed by atoms with Crippen molar-refractivity contribution in [3.63, 3.8) is 0 Å². The molecular formula is C11H14N2. The fourth-order valence-corrected chi connectivity index (χ4v) is 1.23. The van der Waals surface area contributed by atoms with Crippen LogP contribution < -0.4 is 0 Å². The Morgan fingerprint density at radius 1 is 1.23 bits per heavy atom. The lowest BCUT2D eigenvalue weighted by atomic mass is 9.99. The molecule has 0 aliphatic heterocycles. The zero-order chi connectivity index (χ0) is 9.84. The van der Waals surface area contributed by atoms with Crippen molar-refractivity contribution in [2.24, 2.45) is 5.92 Å². The zero-order valence-electron chi connectivity index (χ0n) is 8.28. The normalized spacial score (nSPS) is 9.85. The van der Waals surface area contributed by atoms with Gasteiger partial charge in [0.05, 0.1) is 11.5 Å². The molecule has 0 fully saturated rings. The third-order valence-electron chi connectivity index (χ3n) is 2.00. The molecule has 0 N–H and O–H groups in total. The highest BCUT2D eigenvalue weighted by atomic mass is 14.9. The fraction of sp³-hybridized carbons (Fsp3) is 0.364. The molecule has 0 aliphatic carbocycles. The molecule has 0 saturated heterocycles. The van der Waals surface area contributed by atoms with Crippen molar-refractivity contribution in [2.45, 2.75) is 20.8 Å². The van der Waals surface area contributed by atoms with Crippen LogP contribution in [0.1, 0.15) is 25.0 Å². The summed E-state index contributed by atoms with van der Waals surface area (Å²) in [6, 6.07) is 7.99. The van der Waals surface area contributed by atoms with Crippen LogP contribution in [0.25, 0.3) is 5.53 Å². The summed E-state index contributed by atoms with van der Waals surface area (Å²) in [4.78, 5) is 3.30. The number of nitrogens with zero attached hydrogens (tertiary/aromatic N) is 2. The minimum Gasteiger partial charge on any atom is -0.361 e. The summed E-state index contributed by atoms with van der Waals surface area (Å²) in [6.45, 7) is 6.05. The van der Waals surface area contributed by atoms with E-state index in [2.05, 4.69) is 4.79 Å². The molecule has 0 heterocycles. The summed E-state index contributed by atoms with van der Waals surface area (Å²) < 4.78 is 0. The molecule has 1 aromatic carbocycles. The summed E-state index contributed by atoms with van der Waals surface area (Å²) in [5.41, 5.74) is 11.7. The van der Waals surface area contributed by atoms with Crippen LogP contribution in [-0.4, -0.2) is 10.5 Å². The van der Waals surface area contributed by atoms with Gasteiger partial charge in [0.25, 0.3) is 0 Å². The molecule has 0 spiro atoms. The second-order valence-electron chi connectivity index (χ2n) is 3.51. The Kier molecular flexibility index (Phi) is 2.99. The second-order valence-corrected chi connectivity index (χ2v) is 3.51.